The van der Waals surface area contributed by atoms with E-state index in [1.807, 2.05) is 0 Å². The summed E-state index contributed by atoms with van der Waals surface area (Å²) < 4.78 is 0. The molecule has 10 heavy (non-hydrogen) atoms. The summed E-state index contributed by atoms with van der Waals surface area (Å²) >= 11 is 0. The maximum atomic E-state index is 5.71. The van der Waals surface area contributed by atoms with Crippen molar-refractivity contribution in [2.24, 2.45) is 11.7 Å². The van der Waals surface area contributed by atoms with Crippen LogP contribution in [0.5, 0.6) is 0 Å². The summed E-state index contributed by atoms with van der Waals surface area (Å²) in [5.74, 6) is 0.966. The van der Waals surface area contributed by atoms with Crippen molar-refractivity contribution in [2.45, 2.75) is 31.2 Å². The SMILES string of the molecule is NCC12CCC(CC1)CN2. The summed E-state index contributed by atoms with van der Waals surface area (Å²) in [7, 11) is 0. The lowest BCUT2D eigenvalue weighted by atomic mass is 9.72. The Bertz CT molecular complexity index is 111. The van der Waals surface area contributed by atoms with E-state index in [1.54, 1.807) is 0 Å². The van der Waals surface area contributed by atoms with Crippen LogP contribution in [0.1, 0.15) is 25.7 Å². The maximum absolute atomic E-state index is 5.71. The lowest BCUT2D eigenvalue weighted by Gasteiger charge is -2.46. The molecule has 1 saturated carbocycles. The molecule has 3 rings (SSSR count). The van der Waals surface area contributed by atoms with Crippen molar-refractivity contribution in [1.82, 2.24) is 5.32 Å². The molecule has 3 fully saturated rings. The summed E-state index contributed by atoms with van der Waals surface area (Å²) in [5.41, 5.74) is 6.07. The molecular formula is C8H16N2. The van der Waals surface area contributed by atoms with E-state index >= 15 is 0 Å². The van der Waals surface area contributed by atoms with Crippen LogP contribution in [-0.4, -0.2) is 18.6 Å². The van der Waals surface area contributed by atoms with E-state index in [0.29, 0.717) is 5.54 Å². The van der Waals surface area contributed by atoms with Gasteiger partial charge in [-0.25, -0.2) is 0 Å². The zero-order valence-corrected chi connectivity index (χ0v) is 6.40. The molecule has 0 amide bonds. The minimum Gasteiger partial charge on any atom is -0.329 e. The van der Waals surface area contributed by atoms with E-state index < -0.39 is 0 Å². The van der Waals surface area contributed by atoms with Crippen LogP contribution in [0.2, 0.25) is 0 Å². The largest absolute Gasteiger partial charge is 0.329 e. The first-order chi connectivity index (χ1) is 4.85. The summed E-state index contributed by atoms with van der Waals surface area (Å²) in [6.45, 7) is 2.05. The van der Waals surface area contributed by atoms with Crippen LogP contribution >= 0.6 is 0 Å². The zero-order chi connectivity index (χ0) is 7.03. The van der Waals surface area contributed by atoms with Crippen molar-refractivity contribution in [1.29, 1.82) is 0 Å². The fraction of sp³-hybridized carbons (Fsp3) is 1.00. The van der Waals surface area contributed by atoms with E-state index in [1.165, 1.54) is 32.2 Å². The van der Waals surface area contributed by atoms with E-state index in [-0.39, 0.29) is 0 Å². The molecule has 0 radical (unpaired) electrons. The quantitative estimate of drug-likeness (QED) is 0.556. The van der Waals surface area contributed by atoms with Crippen LogP contribution in [0.25, 0.3) is 0 Å². The van der Waals surface area contributed by atoms with Gasteiger partial charge < -0.3 is 11.1 Å². The molecule has 1 aliphatic carbocycles. The first-order valence-corrected chi connectivity index (χ1v) is 4.30. The predicted octanol–water partition coefficient (Wildman–Crippen LogP) is 0.477. The Balaban J connectivity index is 2.08. The molecule has 0 aromatic heterocycles. The molecule has 2 heterocycles. The Morgan fingerprint density at radius 1 is 1.40 bits per heavy atom. The third kappa shape index (κ3) is 0.867. The van der Waals surface area contributed by atoms with E-state index in [2.05, 4.69) is 5.32 Å². The van der Waals surface area contributed by atoms with Gasteiger partial charge in [0.2, 0.25) is 0 Å². The molecule has 0 atom stereocenters. The van der Waals surface area contributed by atoms with Crippen molar-refractivity contribution in [2.75, 3.05) is 13.1 Å². The average Bonchev–Trinajstić information content (AvgIpc) is 2.08. The third-order valence-corrected chi connectivity index (χ3v) is 3.22. The van der Waals surface area contributed by atoms with Crippen molar-refractivity contribution >= 4 is 0 Å². The minimum absolute atomic E-state index is 0.356. The van der Waals surface area contributed by atoms with Gasteiger partial charge in [0.1, 0.15) is 0 Å². The highest BCUT2D eigenvalue weighted by Crippen LogP contribution is 2.35. The Morgan fingerprint density at radius 2 is 2.10 bits per heavy atom. The monoisotopic (exact) mass is 140 g/mol. The van der Waals surface area contributed by atoms with Crippen LogP contribution in [0.15, 0.2) is 0 Å². The van der Waals surface area contributed by atoms with Crippen LogP contribution in [0.3, 0.4) is 0 Å². The Hall–Kier alpha value is -0.0800. The minimum atomic E-state index is 0.356. The van der Waals surface area contributed by atoms with Gasteiger partial charge in [-0.05, 0) is 38.1 Å². The molecule has 0 unspecified atom stereocenters. The molecule has 2 saturated heterocycles. The second kappa shape index (κ2) is 2.21. The number of hydrogen-bond donors (Lipinski definition) is 2. The molecule has 3 N–H and O–H groups in total. The van der Waals surface area contributed by atoms with Crippen molar-refractivity contribution in [3.8, 4) is 0 Å². The maximum Gasteiger partial charge on any atom is 0.0304 e. The highest BCUT2D eigenvalue weighted by Gasteiger charge is 2.38. The number of piperidine rings is 2. The van der Waals surface area contributed by atoms with Crippen LogP contribution < -0.4 is 11.1 Å². The fourth-order valence-corrected chi connectivity index (χ4v) is 2.25. The first kappa shape index (κ1) is 6.62. The number of nitrogens with one attached hydrogen (secondary N) is 1. The molecule has 0 spiro atoms. The molecule has 0 aromatic rings. The van der Waals surface area contributed by atoms with Gasteiger partial charge >= 0.3 is 0 Å². The molecule has 3 aliphatic rings. The van der Waals surface area contributed by atoms with Gasteiger partial charge in [-0.15, -0.1) is 0 Å². The smallest absolute Gasteiger partial charge is 0.0304 e. The van der Waals surface area contributed by atoms with E-state index in [9.17, 15) is 0 Å². The van der Waals surface area contributed by atoms with Gasteiger partial charge in [-0.1, -0.05) is 0 Å². The van der Waals surface area contributed by atoms with Gasteiger partial charge in [0, 0.05) is 12.1 Å². The van der Waals surface area contributed by atoms with Crippen LogP contribution in [0, 0.1) is 5.92 Å². The molecule has 0 aromatic carbocycles. The summed E-state index contributed by atoms with van der Waals surface area (Å²) in [5, 5.41) is 3.56. The normalized spacial score (nSPS) is 45.9. The van der Waals surface area contributed by atoms with Crippen molar-refractivity contribution in [3.05, 3.63) is 0 Å². The van der Waals surface area contributed by atoms with Crippen molar-refractivity contribution in [3.63, 3.8) is 0 Å². The van der Waals surface area contributed by atoms with Crippen LogP contribution in [0.4, 0.5) is 0 Å². The Labute approximate surface area is 62.2 Å². The number of hydrogen-bond acceptors (Lipinski definition) is 2. The number of fused-ring (bicyclic) bond motifs is 3. The molecule has 2 aliphatic heterocycles. The van der Waals surface area contributed by atoms with Gasteiger partial charge in [0.15, 0.2) is 0 Å². The lowest BCUT2D eigenvalue weighted by molar-refractivity contribution is 0.125. The van der Waals surface area contributed by atoms with E-state index in [0.717, 1.165) is 12.5 Å². The topological polar surface area (TPSA) is 38.0 Å². The number of nitrogens with two attached hydrogens (primary N) is 1. The third-order valence-electron chi connectivity index (χ3n) is 3.22. The second-order valence-electron chi connectivity index (χ2n) is 3.81. The van der Waals surface area contributed by atoms with Crippen molar-refractivity contribution < 1.29 is 0 Å². The van der Waals surface area contributed by atoms with Gasteiger partial charge in [0.25, 0.3) is 0 Å². The van der Waals surface area contributed by atoms with Gasteiger partial charge in [-0.3, -0.25) is 0 Å². The zero-order valence-electron chi connectivity index (χ0n) is 6.40. The van der Waals surface area contributed by atoms with Gasteiger partial charge in [-0.2, -0.15) is 0 Å². The molecule has 2 nitrogen and oxygen atoms in total. The van der Waals surface area contributed by atoms with Gasteiger partial charge in [0.05, 0.1) is 0 Å². The molecular weight excluding hydrogens is 124 g/mol. The molecule has 2 bridgehead atoms. The van der Waals surface area contributed by atoms with Crippen LogP contribution in [-0.2, 0) is 0 Å². The molecule has 58 valence electrons. The Morgan fingerprint density at radius 3 is 2.40 bits per heavy atom. The highest BCUT2D eigenvalue weighted by atomic mass is 15.0. The van der Waals surface area contributed by atoms with E-state index in [4.69, 9.17) is 5.73 Å². The average molecular weight is 140 g/mol. The predicted molar refractivity (Wildman–Crippen MR) is 41.7 cm³/mol. The lowest BCUT2D eigenvalue weighted by Crippen LogP contribution is -2.59. The summed E-state index contributed by atoms with van der Waals surface area (Å²) in [6.07, 6.45) is 5.44. The fourth-order valence-electron chi connectivity index (χ4n) is 2.25. The first-order valence-electron chi connectivity index (χ1n) is 4.30. The second-order valence-corrected chi connectivity index (χ2v) is 3.81. The highest BCUT2D eigenvalue weighted by molar-refractivity contribution is 4.99. The molecule has 2 heteroatoms. The summed E-state index contributed by atoms with van der Waals surface area (Å²) in [4.78, 5) is 0. The summed E-state index contributed by atoms with van der Waals surface area (Å²) in [6, 6.07) is 0. The standard InChI is InChI=1S/C8H16N2/c9-6-8-3-1-7(2-4-8)5-10-8/h7,10H,1-6,9H2. The number of rotatable bonds is 1. The Kier molecular flexibility index (Phi) is 1.46.